The van der Waals surface area contributed by atoms with E-state index < -0.39 is 11.9 Å². The van der Waals surface area contributed by atoms with Crippen LogP contribution in [-0.2, 0) is 21.5 Å². The molecule has 0 saturated heterocycles. The Morgan fingerprint density at radius 3 is 2.20 bits per heavy atom. The van der Waals surface area contributed by atoms with Crippen molar-refractivity contribution in [1.82, 2.24) is 5.32 Å². The first-order chi connectivity index (χ1) is 11.9. The average Bonchev–Trinajstić information content (AvgIpc) is 2.83. The van der Waals surface area contributed by atoms with E-state index in [0.29, 0.717) is 18.2 Å². The maximum atomic E-state index is 9.55. The number of nitrogens with one attached hydrogen (secondary N) is 1. The van der Waals surface area contributed by atoms with Gasteiger partial charge >= 0.3 is 11.9 Å². The van der Waals surface area contributed by atoms with Crippen molar-refractivity contribution >= 4 is 11.9 Å². The molecule has 4 rings (SSSR count). The van der Waals surface area contributed by atoms with Crippen LogP contribution in [0.4, 0.5) is 0 Å². The van der Waals surface area contributed by atoms with E-state index >= 15 is 0 Å². The molecule has 2 aromatic carbocycles. The molecule has 0 fully saturated rings. The third-order valence-corrected chi connectivity index (χ3v) is 4.69. The molecule has 2 aliphatic heterocycles. The Bertz CT molecular complexity index is 829. The summed E-state index contributed by atoms with van der Waals surface area (Å²) in [5.74, 6) is -2.51. The summed E-state index contributed by atoms with van der Waals surface area (Å²) >= 11 is 0. The van der Waals surface area contributed by atoms with Gasteiger partial charge in [-0.1, -0.05) is 48.5 Å². The first-order valence-electron chi connectivity index (χ1n) is 8.01. The molecule has 3 N–H and O–H groups in total. The van der Waals surface area contributed by atoms with E-state index in [4.69, 9.17) is 10.2 Å². The summed E-state index contributed by atoms with van der Waals surface area (Å²) in [6.45, 7) is 2.31. The quantitative estimate of drug-likeness (QED) is 0.734. The number of hydrogen-bond donors (Lipinski definition) is 3. The van der Waals surface area contributed by atoms with Crippen LogP contribution in [0.1, 0.15) is 35.2 Å². The van der Waals surface area contributed by atoms with Crippen LogP contribution < -0.4 is 5.32 Å². The zero-order valence-electron chi connectivity index (χ0n) is 13.8. The molecule has 128 valence electrons. The van der Waals surface area contributed by atoms with Gasteiger partial charge in [0, 0.05) is 18.2 Å². The van der Waals surface area contributed by atoms with Crippen LogP contribution in [-0.4, -0.2) is 22.2 Å². The van der Waals surface area contributed by atoms with Gasteiger partial charge in [0.2, 0.25) is 0 Å². The van der Waals surface area contributed by atoms with Gasteiger partial charge in [-0.3, -0.25) is 5.32 Å². The van der Waals surface area contributed by atoms with Gasteiger partial charge in [-0.15, -0.1) is 0 Å². The normalized spacial score (nSPS) is 22.5. The molecule has 0 aliphatic carbocycles. The fourth-order valence-corrected chi connectivity index (χ4v) is 3.69. The summed E-state index contributed by atoms with van der Waals surface area (Å²) in [6.07, 6.45) is 2.23. The molecular formula is C20H19NO4. The van der Waals surface area contributed by atoms with Crippen molar-refractivity contribution < 1.29 is 19.8 Å². The molecule has 25 heavy (non-hydrogen) atoms. The largest absolute Gasteiger partial charge is 0.478 e. The Hall–Kier alpha value is -2.92. The minimum absolute atomic E-state index is 0.0100. The predicted octanol–water partition coefficient (Wildman–Crippen LogP) is 2.86. The van der Waals surface area contributed by atoms with Crippen molar-refractivity contribution in [2.75, 3.05) is 0 Å². The minimum Gasteiger partial charge on any atom is -0.478 e. The van der Waals surface area contributed by atoms with Gasteiger partial charge in [-0.25, -0.2) is 9.59 Å². The van der Waals surface area contributed by atoms with E-state index in [0.717, 1.165) is 6.42 Å². The highest BCUT2D eigenvalue weighted by Crippen LogP contribution is 2.47. The van der Waals surface area contributed by atoms with E-state index in [1.54, 1.807) is 0 Å². The Labute approximate surface area is 145 Å². The molecule has 2 bridgehead atoms. The van der Waals surface area contributed by atoms with Gasteiger partial charge in [-0.05, 0) is 35.6 Å². The van der Waals surface area contributed by atoms with Gasteiger partial charge in [0.05, 0.1) is 5.54 Å². The van der Waals surface area contributed by atoms with E-state index in [1.165, 1.54) is 22.3 Å². The van der Waals surface area contributed by atoms with Crippen molar-refractivity contribution in [2.24, 2.45) is 0 Å². The monoisotopic (exact) mass is 337 g/mol. The van der Waals surface area contributed by atoms with E-state index in [1.807, 2.05) is 0 Å². The van der Waals surface area contributed by atoms with E-state index in [-0.39, 0.29) is 5.54 Å². The molecule has 0 radical (unpaired) electrons. The van der Waals surface area contributed by atoms with Crippen LogP contribution in [0.2, 0.25) is 0 Å². The van der Waals surface area contributed by atoms with Crippen LogP contribution in [0.5, 0.6) is 0 Å². The molecule has 0 aromatic heterocycles. The van der Waals surface area contributed by atoms with Gasteiger partial charge < -0.3 is 10.2 Å². The lowest BCUT2D eigenvalue weighted by molar-refractivity contribution is -0.134. The molecule has 5 nitrogen and oxygen atoms in total. The summed E-state index contributed by atoms with van der Waals surface area (Å²) in [7, 11) is 0. The van der Waals surface area contributed by atoms with Gasteiger partial charge in [-0.2, -0.15) is 0 Å². The predicted molar refractivity (Wildman–Crippen MR) is 93.3 cm³/mol. The molecular weight excluding hydrogens is 318 g/mol. The number of carbonyl (C=O) groups is 2. The lowest BCUT2D eigenvalue weighted by Crippen LogP contribution is -2.41. The summed E-state index contributed by atoms with van der Waals surface area (Å²) < 4.78 is 0. The van der Waals surface area contributed by atoms with Crippen LogP contribution in [0.3, 0.4) is 0 Å². The van der Waals surface area contributed by atoms with Crippen molar-refractivity contribution in [2.45, 2.75) is 24.9 Å². The zero-order chi connectivity index (χ0) is 18.0. The molecule has 2 aliphatic rings. The zero-order valence-corrected chi connectivity index (χ0v) is 13.8. The smallest absolute Gasteiger partial charge is 0.328 e. The van der Waals surface area contributed by atoms with Crippen molar-refractivity contribution in [3.63, 3.8) is 0 Å². The molecule has 2 atom stereocenters. The number of hydrogen-bond acceptors (Lipinski definition) is 3. The summed E-state index contributed by atoms with van der Waals surface area (Å²) in [4.78, 5) is 19.1. The first kappa shape index (κ1) is 16.9. The minimum atomic E-state index is -1.26. The Balaban J connectivity index is 0.000000197. The Morgan fingerprint density at radius 1 is 1.00 bits per heavy atom. The van der Waals surface area contributed by atoms with Gasteiger partial charge in [0.25, 0.3) is 0 Å². The summed E-state index contributed by atoms with van der Waals surface area (Å²) in [5.41, 5.74) is 5.88. The molecule has 2 heterocycles. The highest BCUT2D eigenvalue weighted by molar-refractivity contribution is 5.89. The fraction of sp³-hybridized carbons (Fsp3) is 0.200. The first-order valence-corrected chi connectivity index (χ1v) is 8.01. The lowest BCUT2D eigenvalue weighted by atomic mass is 9.82. The molecule has 0 unspecified atom stereocenters. The highest BCUT2D eigenvalue weighted by atomic mass is 16.4. The number of fused-ring (bicyclic) bond motifs is 7. The maximum Gasteiger partial charge on any atom is 0.328 e. The Kier molecular flexibility index (Phi) is 4.42. The second-order valence-corrected chi connectivity index (χ2v) is 6.28. The lowest BCUT2D eigenvalue weighted by Gasteiger charge is -2.34. The number of benzene rings is 2. The fourth-order valence-electron chi connectivity index (χ4n) is 3.69. The SMILES string of the molecule is C[C@@]12N[C@H](Cc3ccccc31)c1ccccc12.O=C(O)/C=C\C(=O)O. The van der Waals surface area contributed by atoms with Crippen molar-refractivity contribution in [1.29, 1.82) is 0 Å². The van der Waals surface area contributed by atoms with Crippen LogP contribution in [0.15, 0.2) is 60.7 Å². The van der Waals surface area contributed by atoms with Crippen LogP contribution >= 0.6 is 0 Å². The molecule has 5 heteroatoms. The van der Waals surface area contributed by atoms with Gasteiger partial charge in [0.15, 0.2) is 0 Å². The second kappa shape index (κ2) is 6.53. The van der Waals surface area contributed by atoms with Crippen molar-refractivity contribution in [3.8, 4) is 0 Å². The van der Waals surface area contributed by atoms with E-state index in [2.05, 4.69) is 60.8 Å². The third kappa shape index (κ3) is 3.19. The van der Waals surface area contributed by atoms with Crippen LogP contribution in [0, 0.1) is 0 Å². The van der Waals surface area contributed by atoms with Crippen molar-refractivity contribution in [3.05, 3.63) is 82.9 Å². The number of rotatable bonds is 2. The molecule has 2 aromatic rings. The molecule has 0 saturated carbocycles. The van der Waals surface area contributed by atoms with E-state index in [9.17, 15) is 9.59 Å². The number of carboxylic acid groups (broad SMARTS) is 2. The molecule has 0 spiro atoms. The number of carboxylic acids is 2. The number of aliphatic carboxylic acids is 2. The van der Waals surface area contributed by atoms with Gasteiger partial charge in [0.1, 0.15) is 0 Å². The summed E-state index contributed by atoms with van der Waals surface area (Å²) in [5, 5.41) is 19.4. The third-order valence-electron chi connectivity index (χ3n) is 4.69. The summed E-state index contributed by atoms with van der Waals surface area (Å²) in [6, 6.07) is 18.2. The Morgan fingerprint density at radius 2 is 1.56 bits per heavy atom. The second-order valence-electron chi connectivity index (χ2n) is 6.28. The van der Waals surface area contributed by atoms with Crippen LogP contribution in [0.25, 0.3) is 0 Å². The topological polar surface area (TPSA) is 86.6 Å². The average molecular weight is 337 g/mol. The molecule has 0 amide bonds. The highest BCUT2D eigenvalue weighted by Gasteiger charge is 2.45. The maximum absolute atomic E-state index is 9.55. The standard InChI is InChI=1S/C16H15N.C4H4O4/c1-16-13-8-4-2-6-11(13)10-15(17-16)12-7-3-5-9-14(12)16;5-3(6)1-2-4(7)8/h2-9,15,17H,10H2,1H3;1-2H,(H,5,6)(H,7,8)/b;2-1-/t15-,16-;/m1./s1.